The van der Waals surface area contributed by atoms with Gasteiger partial charge in [-0.25, -0.2) is 4.98 Å². The van der Waals surface area contributed by atoms with Crippen LogP contribution in [0, 0.1) is 6.92 Å². The standard InChI is InChI=1S/C21H19F3N2/c1-16-19(21(22,23)24)12-13-20(25-16)26(14-17-8-4-2-5-9-17)15-18-10-6-3-7-11-18/h2-13H,14-15H2,1H3. The molecule has 0 aliphatic carbocycles. The molecular formula is C21H19F3N2. The molecule has 0 aliphatic heterocycles. The quantitative estimate of drug-likeness (QED) is 0.590. The monoisotopic (exact) mass is 356 g/mol. The van der Waals surface area contributed by atoms with Gasteiger partial charge in [-0.3, -0.25) is 0 Å². The molecule has 0 unspecified atom stereocenters. The summed E-state index contributed by atoms with van der Waals surface area (Å²) in [5.41, 5.74) is 1.44. The molecule has 3 rings (SSSR count). The zero-order valence-electron chi connectivity index (χ0n) is 14.4. The smallest absolute Gasteiger partial charge is 0.348 e. The fourth-order valence-electron chi connectivity index (χ4n) is 2.85. The Morgan fingerprint density at radius 1 is 0.769 bits per heavy atom. The van der Waals surface area contributed by atoms with Gasteiger partial charge in [0.2, 0.25) is 0 Å². The summed E-state index contributed by atoms with van der Waals surface area (Å²) >= 11 is 0. The Bertz CT molecular complexity index is 805. The highest BCUT2D eigenvalue weighted by Crippen LogP contribution is 2.32. The van der Waals surface area contributed by atoms with Crippen LogP contribution >= 0.6 is 0 Å². The maximum atomic E-state index is 13.0. The van der Waals surface area contributed by atoms with Gasteiger partial charge in [-0.05, 0) is 30.2 Å². The molecule has 0 atom stereocenters. The summed E-state index contributed by atoms with van der Waals surface area (Å²) in [7, 11) is 0. The SMILES string of the molecule is Cc1nc(N(Cc2ccccc2)Cc2ccccc2)ccc1C(F)(F)F. The first-order valence-corrected chi connectivity index (χ1v) is 8.31. The number of aromatic nitrogens is 1. The normalized spacial score (nSPS) is 11.4. The predicted octanol–water partition coefficient (Wildman–Crippen LogP) is 5.62. The van der Waals surface area contributed by atoms with Crippen LogP contribution in [-0.2, 0) is 19.3 Å². The summed E-state index contributed by atoms with van der Waals surface area (Å²) in [4.78, 5) is 6.22. The van der Waals surface area contributed by atoms with Gasteiger partial charge >= 0.3 is 6.18 Å². The second-order valence-corrected chi connectivity index (χ2v) is 6.13. The topological polar surface area (TPSA) is 16.1 Å². The molecule has 134 valence electrons. The lowest BCUT2D eigenvalue weighted by atomic mass is 10.1. The number of hydrogen-bond acceptors (Lipinski definition) is 2. The average Bonchev–Trinajstić information content (AvgIpc) is 2.62. The van der Waals surface area contributed by atoms with E-state index in [0.717, 1.165) is 17.2 Å². The molecule has 2 nitrogen and oxygen atoms in total. The van der Waals surface area contributed by atoms with Gasteiger partial charge in [-0.2, -0.15) is 13.2 Å². The van der Waals surface area contributed by atoms with Gasteiger partial charge in [0.15, 0.2) is 0 Å². The molecule has 1 aromatic heterocycles. The molecule has 5 heteroatoms. The predicted molar refractivity (Wildman–Crippen MR) is 96.7 cm³/mol. The molecule has 26 heavy (non-hydrogen) atoms. The van der Waals surface area contributed by atoms with Gasteiger partial charge in [0.1, 0.15) is 5.82 Å². The third-order valence-corrected chi connectivity index (χ3v) is 4.13. The Labute approximate surface area is 150 Å². The lowest BCUT2D eigenvalue weighted by Crippen LogP contribution is -2.24. The first kappa shape index (κ1) is 18.0. The molecule has 0 saturated heterocycles. The van der Waals surface area contributed by atoms with Crippen LogP contribution in [0.25, 0.3) is 0 Å². The lowest BCUT2D eigenvalue weighted by molar-refractivity contribution is -0.138. The molecule has 0 fully saturated rings. The van der Waals surface area contributed by atoms with Crippen molar-refractivity contribution in [3.8, 4) is 0 Å². The van der Waals surface area contributed by atoms with Gasteiger partial charge in [0, 0.05) is 13.1 Å². The molecule has 0 radical (unpaired) electrons. The largest absolute Gasteiger partial charge is 0.418 e. The van der Waals surface area contributed by atoms with Crippen LogP contribution in [0.15, 0.2) is 72.8 Å². The van der Waals surface area contributed by atoms with Crippen LogP contribution in [-0.4, -0.2) is 4.98 Å². The van der Waals surface area contributed by atoms with Crippen molar-refractivity contribution < 1.29 is 13.2 Å². The van der Waals surface area contributed by atoms with E-state index >= 15 is 0 Å². The third-order valence-electron chi connectivity index (χ3n) is 4.13. The number of aryl methyl sites for hydroxylation is 1. The van der Waals surface area contributed by atoms with Gasteiger partial charge in [-0.1, -0.05) is 60.7 Å². The van der Waals surface area contributed by atoms with Crippen LogP contribution in [0.3, 0.4) is 0 Å². The first-order valence-electron chi connectivity index (χ1n) is 8.31. The Balaban J connectivity index is 1.93. The van der Waals surface area contributed by atoms with E-state index in [1.807, 2.05) is 65.6 Å². The van der Waals surface area contributed by atoms with Crippen LogP contribution in [0.5, 0.6) is 0 Å². The molecule has 0 N–H and O–H groups in total. The van der Waals surface area contributed by atoms with Gasteiger partial charge < -0.3 is 4.90 Å². The minimum absolute atomic E-state index is 0.0128. The van der Waals surface area contributed by atoms with Crippen LogP contribution < -0.4 is 4.90 Å². The maximum Gasteiger partial charge on any atom is 0.418 e. The van der Waals surface area contributed by atoms with E-state index in [2.05, 4.69) is 4.98 Å². The van der Waals surface area contributed by atoms with Crippen LogP contribution in [0.2, 0.25) is 0 Å². The second kappa shape index (κ2) is 7.60. The zero-order chi connectivity index (χ0) is 18.6. The number of rotatable bonds is 5. The number of benzene rings is 2. The second-order valence-electron chi connectivity index (χ2n) is 6.13. The molecule has 2 aromatic carbocycles. The minimum Gasteiger partial charge on any atom is -0.348 e. The van der Waals surface area contributed by atoms with Gasteiger partial charge in [-0.15, -0.1) is 0 Å². The number of pyridine rings is 1. The van der Waals surface area contributed by atoms with Gasteiger partial charge in [0.25, 0.3) is 0 Å². The summed E-state index contributed by atoms with van der Waals surface area (Å²) in [5.74, 6) is 0.531. The van der Waals surface area contributed by atoms with Crippen molar-refractivity contribution in [2.45, 2.75) is 26.2 Å². The fraction of sp³-hybridized carbons (Fsp3) is 0.190. The Kier molecular flexibility index (Phi) is 5.26. The molecule has 1 heterocycles. The number of alkyl halides is 3. The number of anilines is 1. The summed E-state index contributed by atoms with van der Waals surface area (Å²) in [5, 5.41) is 0. The lowest BCUT2D eigenvalue weighted by Gasteiger charge is -2.25. The molecular weight excluding hydrogens is 337 g/mol. The molecule has 0 saturated carbocycles. The molecule has 0 bridgehead atoms. The summed E-state index contributed by atoms with van der Waals surface area (Å²) in [6.07, 6.45) is -4.39. The van der Waals surface area contributed by atoms with E-state index in [4.69, 9.17) is 0 Å². The number of halogens is 3. The van der Waals surface area contributed by atoms with Crippen molar-refractivity contribution in [1.29, 1.82) is 0 Å². The number of nitrogens with zero attached hydrogens (tertiary/aromatic N) is 2. The van der Waals surface area contributed by atoms with E-state index in [-0.39, 0.29) is 5.69 Å². The maximum absolute atomic E-state index is 13.0. The van der Waals surface area contributed by atoms with Crippen molar-refractivity contribution in [3.63, 3.8) is 0 Å². The van der Waals surface area contributed by atoms with Gasteiger partial charge in [0.05, 0.1) is 11.3 Å². The van der Waals surface area contributed by atoms with Crippen molar-refractivity contribution in [2.75, 3.05) is 4.90 Å². The molecule has 3 aromatic rings. The Morgan fingerprint density at radius 2 is 1.27 bits per heavy atom. The molecule has 0 spiro atoms. The number of hydrogen-bond donors (Lipinski definition) is 0. The van der Waals surface area contributed by atoms with E-state index in [1.54, 1.807) is 0 Å². The highest BCUT2D eigenvalue weighted by atomic mass is 19.4. The van der Waals surface area contributed by atoms with Crippen LogP contribution in [0.4, 0.5) is 19.0 Å². The van der Waals surface area contributed by atoms with Crippen molar-refractivity contribution in [1.82, 2.24) is 4.98 Å². The highest BCUT2D eigenvalue weighted by Gasteiger charge is 2.33. The van der Waals surface area contributed by atoms with Crippen molar-refractivity contribution in [3.05, 3.63) is 95.2 Å². The fourth-order valence-corrected chi connectivity index (χ4v) is 2.85. The van der Waals surface area contributed by atoms with E-state index in [1.165, 1.54) is 13.0 Å². The summed E-state index contributed by atoms with van der Waals surface area (Å²) < 4.78 is 39.1. The van der Waals surface area contributed by atoms with Crippen molar-refractivity contribution in [2.24, 2.45) is 0 Å². The third kappa shape index (κ3) is 4.42. The average molecular weight is 356 g/mol. The van der Waals surface area contributed by atoms with E-state index in [0.29, 0.717) is 18.9 Å². The summed E-state index contributed by atoms with van der Waals surface area (Å²) in [6.45, 7) is 2.52. The highest BCUT2D eigenvalue weighted by molar-refractivity contribution is 5.44. The van der Waals surface area contributed by atoms with Crippen molar-refractivity contribution >= 4 is 5.82 Å². The minimum atomic E-state index is -4.39. The Morgan fingerprint density at radius 3 is 1.69 bits per heavy atom. The van der Waals surface area contributed by atoms with Crippen LogP contribution in [0.1, 0.15) is 22.4 Å². The summed E-state index contributed by atoms with van der Waals surface area (Å²) in [6, 6.07) is 22.2. The zero-order valence-corrected chi connectivity index (χ0v) is 14.4. The first-order chi connectivity index (χ1) is 12.4. The Hall–Kier alpha value is -2.82. The molecule has 0 aliphatic rings. The molecule has 0 amide bonds. The van der Waals surface area contributed by atoms with E-state index < -0.39 is 11.7 Å². The van der Waals surface area contributed by atoms with E-state index in [9.17, 15) is 13.2 Å².